The molecular weight excluding hydrogens is 292 g/mol. The predicted octanol–water partition coefficient (Wildman–Crippen LogP) is 1.73. The van der Waals surface area contributed by atoms with E-state index in [0.717, 1.165) is 30.6 Å². The third-order valence-corrected chi connectivity index (χ3v) is 4.14. The average Bonchev–Trinajstić information content (AvgIpc) is 3.24. The summed E-state index contributed by atoms with van der Waals surface area (Å²) in [5.74, 6) is -0.0964. The Balaban J connectivity index is 1.55. The zero-order chi connectivity index (χ0) is 16.1. The van der Waals surface area contributed by atoms with Crippen LogP contribution in [0.5, 0.6) is 0 Å². The molecule has 1 N–H and O–H groups in total. The quantitative estimate of drug-likeness (QED) is 0.882. The molecule has 23 heavy (non-hydrogen) atoms. The van der Waals surface area contributed by atoms with Crippen molar-refractivity contribution in [1.29, 1.82) is 0 Å². The molecule has 0 aromatic carbocycles. The molecule has 2 aromatic heterocycles. The molecule has 3 rings (SSSR count). The van der Waals surface area contributed by atoms with Crippen LogP contribution in [0.4, 0.5) is 0 Å². The molecule has 0 bridgehead atoms. The number of aryl methyl sites for hydroxylation is 1. The van der Waals surface area contributed by atoms with Crippen LogP contribution >= 0.6 is 0 Å². The topological polar surface area (TPSA) is 69.0 Å². The normalized spacial score (nSPS) is 20.6. The van der Waals surface area contributed by atoms with E-state index in [2.05, 4.69) is 15.4 Å². The summed E-state index contributed by atoms with van der Waals surface area (Å²) in [5, 5.41) is 7.28. The van der Waals surface area contributed by atoms with Gasteiger partial charge in [-0.25, -0.2) is 0 Å². The van der Waals surface area contributed by atoms with Crippen molar-refractivity contribution in [2.45, 2.75) is 32.4 Å². The first kappa shape index (κ1) is 15.7. The van der Waals surface area contributed by atoms with E-state index in [9.17, 15) is 4.79 Å². The summed E-state index contributed by atoms with van der Waals surface area (Å²) in [5.41, 5.74) is 1.96. The Labute approximate surface area is 135 Å². The highest BCUT2D eigenvalue weighted by Crippen LogP contribution is 2.34. The van der Waals surface area contributed by atoms with Crippen LogP contribution in [0.15, 0.2) is 36.8 Å². The molecule has 1 amide bonds. The molecule has 1 fully saturated rings. The van der Waals surface area contributed by atoms with Crippen molar-refractivity contribution in [1.82, 2.24) is 20.1 Å². The molecule has 6 heteroatoms. The zero-order valence-electron chi connectivity index (χ0n) is 13.3. The Kier molecular flexibility index (Phi) is 5.02. The largest absolute Gasteiger partial charge is 0.373 e. The average molecular weight is 314 g/mol. The molecule has 3 heterocycles. The highest BCUT2D eigenvalue weighted by atomic mass is 16.5. The van der Waals surface area contributed by atoms with Gasteiger partial charge in [0, 0.05) is 49.8 Å². The van der Waals surface area contributed by atoms with Gasteiger partial charge in [-0.1, -0.05) is 6.07 Å². The second-order valence-electron chi connectivity index (χ2n) is 5.68. The van der Waals surface area contributed by atoms with Crippen LogP contribution in [0.3, 0.4) is 0 Å². The third kappa shape index (κ3) is 3.76. The van der Waals surface area contributed by atoms with Crippen molar-refractivity contribution in [2.24, 2.45) is 5.92 Å². The fourth-order valence-corrected chi connectivity index (χ4v) is 2.88. The summed E-state index contributed by atoms with van der Waals surface area (Å²) in [6, 6.07) is 5.81. The highest BCUT2D eigenvalue weighted by molar-refractivity contribution is 5.79. The number of carbonyl (C=O) groups is 1. The fourth-order valence-electron chi connectivity index (χ4n) is 2.88. The van der Waals surface area contributed by atoms with Gasteiger partial charge in [-0.05, 0) is 25.5 Å². The van der Waals surface area contributed by atoms with E-state index < -0.39 is 0 Å². The lowest BCUT2D eigenvalue weighted by molar-refractivity contribution is -0.126. The van der Waals surface area contributed by atoms with E-state index in [1.165, 1.54) is 0 Å². The standard InChI is InChI=1S/C17H22N4O2/c1-2-21-12-13(11-20-21)16-15(7-10-23-16)17(22)19-9-6-14-5-3-4-8-18-14/h3-5,8,11-12,15-16H,2,6-7,9-10H2,1H3,(H,19,22)/t15-,16+/m0/s1. The lowest BCUT2D eigenvalue weighted by Gasteiger charge is -2.17. The van der Waals surface area contributed by atoms with Crippen LogP contribution in [0.1, 0.15) is 30.7 Å². The van der Waals surface area contributed by atoms with Gasteiger partial charge in [0.1, 0.15) is 0 Å². The number of nitrogens with zero attached hydrogens (tertiary/aromatic N) is 3. The molecule has 0 aliphatic carbocycles. The molecule has 2 aromatic rings. The van der Waals surface area contributed by atoms with Crippen molar-refractivity contribution in [3.8, 4) is 0 Å². The molecule has 2 atom stereocenters. The smallest absolute Gasteiger partial charge is 0.226 e. The van der Waals surface area contributed by atoms with Gasteiger partial charge in [-0.2, -0.15) is 5.10 Å². The number of aromatic nitrogens is 3. The van der Waals surface area contributed by atoms with Gasteiger partial charge in [0.05, 0.1) is 18.2 Å². The maximum absolute atomic E-state index is 12.5. The molecule has 0 spiro atoms. The molecule has 1 aliphatic rings. The van der Waals surface area contributed by atoms with Crippen molar-refractivity contribution >= 4 is 5.91 Å². The summed E-state index contributed by atoms with van der Waals surface area (Å²) < 4.78 is 7.62. The zero-order valence-corrected chi connectivity index (χ0v) is 13.3. The number of amides is 1. The molecule has 1 aliphatic heterocycles. The third-order valence-electron chi connectivity index (χ3n) is 4.14. The summed E-state index contributed by atoms with van der Waals surface area (Å²) in [4.78, 5) is 16.7. The van der Waals surface area contributed by atoms with Gasteiger partial charge in [-0.15, -0.1) is 0 Å². The second-order valence-corrected chi connectivity index (χ2v) is 5.68. The summed E-state index contributed by atoms with van der Waals surface area (Å²) in [6.45, 7) is 4.05. The SMILES string of the molecule is CCn1cc([C@H]2OCC[C@@H]2C(=O)NCCc2ccccn2)cn1. The van der Waals surface area contributed by atoms with E-state index in [1.807, 2.05) is 36.0 Å². The highest BCUT2D eigenvalue weighted by Gasteiger charge is 2.35. The van der Waals surface area contributed by atoms with E-state index in [-0.39, 0.29) is 17.9 Å². The fraction of sp³-hybridized carbons (Fsp3) is 0.471. The number of nitrogens with one attached hydrogen (secondary N) is 1. The van der Waals surface area contributed by atoms with Gasteiger partial charge < -0.3 is 10.1 Å². The molecular formula is C17H22N4O2. The van der Waals surface area contributed by atoms with Crippen LogP contribution in [0, 0.1) is 5.92 Å². The van der Waals surface area contributed by atoms with Crippen LogP contribution in [-0.2, 0) is 22.5 Å². The lowest BCUT2D eigenvalue weighted by Crippen LogP contribution is -2.33. The van der Waals surface area contributed by atoms with E-state index in [4.69, 9.17) is 4.74 Å². The molecule has 0 unspecified atom stereocenters. The number of carbonyl (C=O) groups excluding carboxylic acids is 1. The van der Waals surface area contributed by atoms with Crippen LogP contribution in [0.2, 0.25) is 0 Å². The van der Waals surface area contributed by atoms with Crippen LogP contribution in [-0.4, -0.2) is 33.8 Å². The van der Waals surface area contributed by atoms with Crippen molar-refractivity contribution < 1.29 is 9.53 Å². The number of pyridine rings is 1. The summed E-state index contributed by atoms with van der Waals surface area (Å²) in [7, 11) is 0. The van der Waals surface area contributed by atoms with Crippen molar-refractivity contribution in [2.75, 3.05) is 13.2 Å². The maximum Gasteiger partial charge on any atom is 0.226 e. The minimum absolute atomic E-state index is 0.0488. The molecule has 122 valence electrons. The van der Waals surface area contributed by atoms with Crippen molar-refractivity contribution in [3.05, 3.63) is 48.0 Å². The Hall–Kier alpha value is -2.21. The lowest BCUT2D eigenvalue weighted by atomic mass is 9.96. The first-order valence-corrected chi connectivity index (χ1v) is 8.09. The Morgan fingerprint density at radius 2 is 2.39 bits per heavy atom. The monoisotopic (exact) mass is 314 g/mol. The van der Waals surface area contributed by atoms with Crippen LogP contribution in [0.25, 0.3) is 0 Å². The first-order chi connectivity index (χ1) is 11.3. The number of hydrogen-bond donors (Lipinski definition) is 1. The summed E-state index contributed by atoms with van der Waals surface area (Å²) >= 11 is 0. The molecule has 0 saturated carbocycles. The van der Waals surface area contributed by atoms with Gasteiger partial charge in [0.25, 0.3) is 0 Å². The van der Waals surface area contributed by atoms with Gasteiger partial charge in [0.2, 0.25) is 5.91 Å². The first-order valence-electron chi connectivity index (χ1n) is 8.09. The van der Waals surface area contributed by atoms with E-state index in [1.54, 1.807) is 12.4 Å². The van der Waals surface area contributed by atoms with Gasteiger partial charge >= 0.3 is 0 Å². The Morgan fingerprint density at radius 1 is 1.48 bits per heavy atom. The number of rotatable bonds is 6. The van der Waals surface area contributed by atoms with Crippen LogP contribution < -0.4 is 5.32 Å². The minimum Gasteiger partial charge on any atom is -0.373 e. The summed E-state index contributed by atoms with van der Waals surface area (Å²) in [6.07, 6.45) is 6.82. The minimum atomic E-state index is -0.190. The van der Waals surface area contributed by atoms with Gasteiger partial charge in [-0.3, -0.25) is 14.5 Å². The van der Waals surface area contributed by atoms with Crippen molar-refractivity contribution in [3.63, 3.8) is 0 Å². The number of hydrogen-bond acceptors (Lipinski definition) is 4. The predicted molar refractivity (Wildman–Crippen MR) is 85.7 cm³/mol. The molecule has 1 saturated heterocycles. The molecule has 0 radical (unpaired) electrons. The maximum atomic E-state index is 12.5. The second kappa shape index (κ2) is 7.37. The Bertz CT molecular complexity index is 641. The van der Waals surface area contributed by atoms with Gasteiger partial charge in [0.15, 0.2) is 0 Å². The van der Waals surface area contributed by atoms with E-state index >= 15 is 0 Å². The molecule has 6 nitrogen and oxygen atoms in total. The van der Waals surface area contributed by atoms with E-state index in [0.29, 0.717) is 13.2 Å². The number of ether oxygens (including phenoxy) is 1. The Morgan fingerprint density at radius 3 is 3.13 bits per heavy atom.